The minimum atomic E-state index is -5.11. The average Bonchev–Trinajstić information content (AvgIpc) is 2.32. The molecule has 0 spiro atoms. The molecule has 22 heavy (non-hydrogen) atoms. The lowest BCUT2D eigenvalue weighted by molar-refractivity contribution is -0.144. The first-order valence-corrected chi connectivity index (χ1v) is 6.21. The molecule has 0 unspecified atom stereocenters. The molecule has 0 bridgehead atoms. The largest absolute Gasteiger partial charge is 0.416 e. The molecule has 1 rings (SSSR count). The molecule has 0 aliphatic rings. The molecule has 0 saturated carbocycles. The number of unbranched alkanes of at least 4 members (excludes halogenated alkanes) is 1. The minimum absolute atomic E-state index is 0. The van der Waals surface area contributed by atoms with E-state index >= 15 is 0 Å². The number of nitrogens with two attached hydrogens (primary N) is 1. The lowest BCUT2D eigenvalue weighted by Crippen LogP contribution is -2.21. The third kappa shape index (κ3) is 5.01. The van der Waals surface area contributed by atoms with E-state index in [9.17, 15) is 30.7 Å². The van der Waals surface area contributed by atoms with Crippen molar-refractivity contribution < 1.29 is 30.7 Å². The van der Waals surface area contributed by atoms with E-state index in [1.54, 1.807) is 6.92 Å². The molecule has 1 aromatic carbocycles. The van der Waals surface area contributed by atoms with Gasteiger partial charge in [0.05, 0.1) is 11.1 Å². The van der Waals surface area contributed by atoms with E-state index in [1.165, 1.54) is 0 Å². The predicted molar refractivity (Wildman–Crippen MR) is 70.1 cm³/mol. The van der Waals surface area contributed by atoms with Gasteiger partial charge in [-0.05, 0) is 18.6 Å². The van der Waals surface area contributed by atoms with Gasteiger partial charge in [0, 0.05) is 11.6 Å². The van der Waals surface area contributed by atoms with Crippen molar-refractivity contribution in [1.29, 1.82) is 0 Å². The fourth-order valence-electron chi connectivity index (χ4n) is 1.96. The van der Waals surface area contributed by atoms with Gasteiger partial charge in [-0.1, -0.05) is 19.8 Å². The highest BCUT2D eigenvalue weighted by atomic mass is 35.5. The summed E-state index contributed by atoms with van der Waals surface area (Å²) >= 11 is 0. The molecule has 0 heterocycles. The Balaban J connectivity index is 0.00000441. The van der Waals surface area contributed by atoms with Crippen molar-refractivity contribution in [2.75, 3.05) is 0 Å². The van der Waals surface area contributed by atoms with Crippen molar-refractivity contribution in [2.45, 2.75) is 44.6 Å². The molecule has 9 heteroatoms. The zero-order valence-electron chi connectivity index (χ0n) is 11.5. The quantitative estimate of drug-likeness (QED) is 0.713. The standard InChI is InChI=1S/C13H14F7N.ClH/c1-2-3-4-10(21)11-8(13(18,19)20)5-7(6-9(11)14)12(15,16)17;/h5-6,10H,2-4,21H2,1H3;1H/t10-;/m0./s1. The zero-order valence-corrected chi connectivity index (χ0v) is 12.3. The van der Waals surface area contributed by atoms with E-state index < -0.39 is 40.9 Å². The second kappa shape index (κ2) is 7.50. The van der Waals surface area contributed by atoms with E-state index in [4.69, 9.17) is 5.73 Å². The van der Waals surface area contributed by atoms with E-state index in [-0.39, 0.29) is 31.0 Å². The van der Waals surface area contributed by atoms with E-state index in [0.717, 1.165) is 0 Å². The van der Waals surface area contributed by atoms with E-state index in [2.05, 4.69) is 0 Å². The van der Waals surface area contributed by atoms with Crippen LogP contribution in [0.1, 0.15) is 48.9 Å². The number of alkyl halides is 6. The summed E-state index contributed by atoms with van der Waals surface area (Å²) < 4.78 is 90.0. The topological polar surface area (TPSA) is 26.0 Å². The average molecular weight is 354 g/mol. The first-order chi connectivity index (χ1) is 9.48. The smallest absolute Gasteiger partial charge is 0.324 e. The van der Waals surface area contributed by atoms with Gasteiger partial charge in [0.1, 0.15) is 5.82 Å². The fourth-order valence-corrected chi connectivity index (χ4v) is 1.96. The summed E-state index contributed by atoms with van der Waals surface area (Å²) in [6.07, 6.45) is -9.05. The van der Waals surface area contributed by atoms with Gasteiger partial charge < -0.3 is 5.73 Å². The molecule has 0 amide bonds. The highest BCUT2D eigenvalue weighted by Gasteiger charge is 2.40. The molecular weight excluding hydrogens is 339 g/mol. The van der Waals surface area contributed by atoms with Crippen LogP contribution in [0.25, 0.3) is 0 Å². The Morgan fingerprint density at radius 3 is 2.00 bits per heavy atom. The lowest BCUT2D eigenvalue weighted by Gasteiger charge is -2.21. The van der Waals surface area contributed by atoms with Gasteiger partial charge >= 0.3 is 12.4 Å². The van der Waals surface area contributed by atoms with Crippen LogP contribution in [0, 0.1) is 5.82 Å². The van der Waals surface area contributed by atoms with Crippen LogP contribution < -0.4 is 5.73 Å². The first-order valence-electron chi connectivity index (χ1n) is 6.21. The molecule has 0 aliphatic carbocycles. The molecule has 0 aromatic heterocycles. The van der Waals surface area contributed by atoms with Crippen LogP contribution in [-0.4, -0.2) is 0 Å². The van der Waals surface area contributed by atoms with E-state index in [1.807, 2.05) is 0 Å². The lowest BCUT2D eigenvalue weighted by atomic mass is 9.94. The molecule has 128 valence electrons. The Bertz CT molecular complexity index is 496. The Kier molecular flexibility index (Phi) is 7.15. The molecule has 1 nitrogen and oxygen atoms in total. The van der Waals surface area contributed by atoms with Gasteiger partial charge in [0.2, 0.25) is 0 Å². The Hall–Kier alpha value is -1.02. The zero-order chi connectivity index (χ0) is 16.4. The minimum Gasteiger partial charge on any atom is -0.324 e. The van der Waals surface area contributed by atoms with Crippen molar-refractivity contribution in [1.82, 2.24) is 0 Å². The van der Waals surface area contributed by atoms with Crippen LogP contribution in [0.2, 0.25) is 0 Å². The summed E-state index contributed by atoms with van der Waals surface area (Å²) in [5.74, 6) is -1.58. The summed E-state index contributed by atoms with van der Waals surface area (Å²) in [6.45, 7) is 1.76. The third-order valence-electron chi connectivity index (χ3n) is 3.00. The van der Waals surface area contributed by atoms with Crippen molar-refractivity contribution in [3.05, 3.63) is 34.6 Å². The second-order valence-electron chi connectivity index (χ2n) is 4.66. The molecular formula is C13H15ClF7N. The molecule has 1 aromatic rings. The number of rotatable bonds is 4. The summed E-state index contributed by atoms with van der Waals surface area (Å²) in [5.41, 5.74) is 1.25. The van der Waals surface area contributed by atoms with Crippen LogP contribution in [0.3, 0.4) is 0 Å². The van der Waals surface area contributed by atoms with Crippen molar-refractivity contribution in [3.8, 4) is 0 Å². The van der Waals surface area contributed by atoms with Crippen LogP contribution >= 0.6 is 12.4 Å². The highest BCUT2D eigenvalue weighted by Crippen LogP contribution is 2.40. The second-order valence-corrected chi connectivity index (χ2v) is 4.66. The van der Waals surface area contributed by atoms with Gasteiger partial charge in [-0.3, -0.25) is 0 Å². The van der Waals surface area contributed by atoms with Gasteiger partial charge in [0.25, 0.3) is 0 Å². The number of hydrogen-bond acceptors (Lipinski definition) is 1. The summed E-state index contributed by atoms with van der Waals surface area (Å²) in [7, 11) is 0. The number of benzene rings is 1. The third-order valence-corrected chi connectivity index (χ3v) is 3.00. The molecule has 1 atom stereocenters. The monoisotopic (exact) mass is 353 g/mol. The van der Waals surface area contributed by atoms with Crippen molar-refractivity contribution >= 4 is 12.4 Å². The van der Waals surface area contributed by atoms with Crippen LogP contribution in [0.4, 0.5) is 30.7 Å². The number of halogens is 8. The molecule has 2 N–H and O–H groups in total. The highest BCUT2D eigenvalue weighted by molar-refractivity contribution is 5.85. The molecule has 0 aliphatic heterocycles. The van der Waals surface area contributed by atoms with Gasteiger partial charge in [0.15, 0.2) is 0 Å². The van der Waals surface area contributed by atoms with Gasteiger partial charge in [-0.25, -0.2) is 4.39 Å². The summed E-state index contributed by atoms with van der Waals surface area (Å²) in [6, 6.07) is -1.34. The number of hydrogen-bond donors (Lipinski definition) is 1. The summed E-state index contributed by atoms with van der Waals surface area (Å²) in [4.78, 5) is 0. The van der Waals surface area contributed by atoms with Crippen LogP contribution in [-0.2, 0) is 12.4 Å². The van der Waals surface area contributed by atoms with Crippen molar-refractivity contribution in [2.24, 2.45) is 5.73 Å². The van der Waals surface area contributed by atoms with Crippen molar-refractivity contribution in [3.63, 3.8) is 0 Å². The maximum Gasteiger partial charge on any atom is 0.416 e. The molecule has 0 radical (unpaired) electrons. The van der Waals surface area contributed by atoms with Gasteiger partial charge in [-0.15, -0.1) is 12.4 Å². The Morgan fingerprint density at radius 1 is 1.05 bits per heavy atom. The fraction of sp³-hybridized carbons (Fsp3) is 0.538. The van der Waals surface area contributed by atoms with Gasteiger partial charge in [-0.2, -0.15) is 26.3 Å². The normalized spacial score (nSPS) is 13.7. The van der Waals surface area contributed by atoms with E-state index in [0.29, 0.717) is 12.8 Å². The molecule has 0 fully saturated rings. The predicted octanol–water partition coefficient (Wildman–Crippen LogP) is 5.48. The Labute approximate surface area is 129 Å². The van der Waals surface area contributed by atoms with Crippen LogP contribution in [0.5, 0.6) is 0 Å². The maximum atomic E-state index is 13.8. The maximum absolute atomic E-state index is 13.8. The SMILES string of the molecule is CCCC[C@H](N)c1c(F)cc(C(F)(F)F)cc1C(F)(F)F.Cl. The Morgan fingerprint density at radius 2 is 1.59 bits per heavy atom. The summed E-state index contributed by atoms with van der Waals surface area (Å²) in [5, 5.41) is 0. The first kappa shape index (κ1) is 21.0. The molecule has 0 saturated heterocycles. The van der Waals surface area contributed by atoms with Crippen LogP contribution in [0.15, 0.2) is 12.1 Å².